The molecule has 0 aliphatic carbocycles. The van der Waals surface area contributed by atoms with Gasteiger partial charge in [-0.1, -0.05) is 6.07 Å². The fourth-order valence-corrected chi connectivity index (χ4v) is 3.62. The standard InChI is InChI=1S/C20H22N8O2/c1-11-14(13(3)28-20(24-11)15(10-22-28)18(21)30)7-8-17(29)23-12(2)19-26-25-16-6-4-5-9-27(16)19/h4-6,9-10,12H,7-8H2,1-3H3,(H2,21,30)(H,23,29). The minimum absolute atomic E-state index is 0.104. The molecular formula is C20H22N8O2. The number of nitrogens with two attached hydrogens (primary N) is 1. The Morgan fingerprint density at radius 2 is 2.03 bits per heavy atom. The van der Waals surface area contributed by atoms with Crippen molar-refractivity contribution in [2.24, 2.45) is 5.73 Å². The van der Waals surface area contributed by atoms with Crippen molar-refractivity contribution in [3.8, 4) is 0 Å². The molecule has 4 aromatic rings. The van der Waals surface area contributed by atoms with Crippen molar-refractivity contribution in [1.82, 2.24) is 34.5 Å². The van der Waals surface area contributed by atoms with Gasteiger partial charge < -0.3 is 11.1 Å². The smallest absolute Gasteiger partial charge is 0.254 e. The summed E-state index contributed by atoms with van der Waals surface area (Å²) in [5, 5.41) is 15.5. The predicted molar refractivity (Wildman–Crippen MR) is 109 cm³/mol. The number of nitrogens with one attached hydrogen (secondary N) is 1. The fraction of sp³-hybridized carbons (Fsp3) is 0.300. The van der Waals surface area contributed by atoms with Crippen LogP contribution in [-0.2, 0) is 11.2 Å². The topological polar surface area (TPSA) is 133 Å². The van der Waals surface area contributed by atoms with E-state index in [0.717, 1.165) is 22.6 Å². The average Bonchev–Trinajstić information content (AvgIpc) is 3.32. The molecule has 10 heteroatoms. The molecule has 0 aliphatic heterocycles. The van der Waals surface area contributed by atoms with Gasteiger partial charge in [0.25, 0.3) is 5.91 Å². The highest BCUT2D eigenvalue weighted by molar-refractivity contribution is 5.98. The van der Waals surface area contributed by atoms with Crippen molar-refractivity contribution in [3.63, 3.8) is 0 Å². The van der Waals surface area contributed by atoms with E-state index in [1.165, 1.54) is 6.20 Å². The number of amides is 2. The lowest BCUT2D eigenvalue weighted by atomic mass is 10.1. The lowest BCUT2D eigenvalue weighted by molar-refractivity contribution is -0.121. The molecule has 4 aromatic heterocycles. The molecule has 0 bridgehead atoms. The molecule has 4 heterocycles. The normalized spacial score (nSPS) is 12.4. The Hall–Kier alpha value is -3.82. The second kappa shape index (κ2) is 7.54. The van der Waals surface area contributed by atoms with Crippen LogP contribution in [0.3, 0.4) is 0 Å². The first-order valence-corrected chi connectivity index (χ1v) is 9.59. The number of carbonyl (C=O) groups excluding carboxylic acids is 2. The van der Waals surface area contributed by atoms with Crippen molar-refractivity contribution in [1.29, 1.82) is 0 Å². The van der Waals surface area contributed by atoms with Crippen LogP contribution in [0.25, 0.3) is 11.3 Å². The molecule has 0 saturated carbocycles. The van der Waals surface area contributed by atoms with E-state index in [-0.39, 0.29) is 23.9 Å². The van der Waals surface area contributed by atoms with E-state index >= 15 is 0 Å². The van der Waals surface area contributed by atoms with Crippen LogP contribution < -0.4 is 11.1 Å². The van der Waals surface area contributed by atoms with E-state index in [1.807, 2.05) is 49.6 Å². The minimum atomic E-state index is -0.571. The van der Waals surface area contributed by atoms with Crippen LogP contribution in [0.15, 0.2) is 30.6 Å². The number of aromatic nitrogens is 6. The summed E-state index contributed by atoms with van der Waals surface area (Å²) in [4.78, 5) is 28.6. The van der Waals surface area contributed by atoms with Gasteiger partial charge in [0.1, 0.15) is 5.56 Å². The summed E-state index contributed by atoms with van der Waals surface area (Å²) in [5.74, 6) is -0.00397. The van der Waals surface area contributed by atoms with E-state index < -0.39 is 5.91 Å². The first-order chi connectivity index (χ1) is 14.4. The zero-order valence-electron chi connectivity index (χ0n) is 17.0. The largest absolute Gasteiger partial charge is 0.365 e. The first kappa shape index (κ1) is 19.5. The van der Waals surface area contributed by atoms with Crippen molar-refractivity contribution in [2.45, 2.75) is 39.7 Å². The number of nitrogens with zero attached hydrogens (tertiary/aromatic N) is 6. The van der Waals surface area contributed by atoms with Crippen LogP contribution in [0.4, 0.5) is 0 Å². The summed E-state index contributed by atoms with van der Waals surface area (Å²) in [7, 11) is 0. The zero-order valence-corrected chi connectivity index (χ0v) is 17.0. The van der Waals surface area contributed by atoms with E-state index in [0.29, 0.717) is 17.9 Å². The predicted octanol–water partition coefficient (Wildman–Crippen LogP) is 1.30. The molecule has 154 valence electrons. The third-order valence-corrected chi connectivity index (χ3v) is 5.18. The number of pyridine rings is 1. The number of rotatable bonds is 6. The Morgan fingerprint density at radius 1 is 1.23 bits per heavy atom. The van der Waals surface area contributed by atoms with Crippen molar-refractivity contribution >= 4 is 23.1 Å². The van der Waals surface area contributed by atoms with Crippen LogP contribution >= 0.6 is 0 Å². The molecule has 4 rings (SSSR count). The molecule has 0 spiro atoms. The van der Waals surface area contributed by atoms with Gasteiger partial charge in [0.05, 0.1) is 12.2 Å². The number of aryl methyl sites for hydroxylation is 2. The molecule has 1 atom stereocenters. The summed E-state index contributed by atoms with van der Waals surface area (Å²) >= 11 is 0. The van der Waals surface area contributed by atoms with Crippen LogP contribution in [0.2, 0.25) is 0 Å². The van der Waals surface area contributed by atoms with Gasteiger partial charge in [-0.05, 0) is 44.9 Å². The molecule has 30 heavy (non-hydrogen) atoms. The summed E-state index contributed by atoms with van der Waals surface area (Å²) in [5.41, 5.74) is 9.31. The number of hydrogen-bond donors (Lipinski definition) is 2. The van der Waals surface area contributed by atoms with E-state index in [9.17, 15) is 9.59 Å². The van der Waals surface area contributed by atoms with Gasteiger partial charge in [0.2, 0.25) is 5.91 Å². The molecule has 0 saturated heterocycles. The van der Waals surface area contributed by atoms with Gasteiger partial charge >= 0.3 is 0 Å². The van der Waals surface area contributed by atoms with Crippen molar-refractivity contribution < 1.29 is 9.59 Å². The van der Waals surface area contributed by atoms with Crippen molar-refractivity contribution in [2.75, 3.05) is 0 Å². The Bertz CT molecular complexity index is 1270. The molecule has 2 amide bonds. The lowest BCUT2D eigenvalue weighted by Gasteiger charge is -2.14. The Morgan fingerprint density at radius 3 is 2.80 bits per heavy atom. The lowest BCUT2D eigenvalue weighted by Crippen LogP contribution is -2.28. The molecule has 0 aromatic carbocycles. The van der Waals surface area contributed by atoms with E-state index in [2.05, 4.69) is 25.6 Å². The summed E-state index contributed by atoms with van der Waals surface area (Å²) in [6.45, 7) is 5.61. The van der Waals surface area contributed by atoms with Gasteiger partial charge in [-0.15, -0.1) is 10.2 Å². The highest BCUT2D eigenvalue weighted by Crippen LogP contribution is 2.19. The maximum atomic E-state index is 12.6. The van der Waals surface area contributed by atoms with Gasteiger partial charge in [0.15, 0.2) is 17.1 Å². The Balaban J connectivity index is 1.48. The monoisotopic (exact) mass is 406 g/mol. The third kappa shape index (κ3) is 3.36. The molecule has 10 nitrogen and oxygen atoms in total. The summed E-state index contributed by atoms with van der Waals surface area (Å²) in [6.07, 6.45) is 4.05. The summed E-state index contributed by atoms with van der Waals surface area (Å²) < 4.78 is 3.44. The molecule has 0 aliphatic rings. The van der Waals surface area contributed by atoms with E-state index in [1.54, 1.807) is 4.52 Å². The third-order valence-electron chi connectivity index (χ3n) is 5.18. The van der Waals surface area contributed by atoms with Crippen LogP contribution in [-0.4, -0.2) is 41.0 Å². The molecule has 1 unspecified atom stereocenters. The zero-order chi connectivity index (χ0) is 21.4. The second-order valence-electron chi connectivity index (χ2n) is 7.20. The summed E-state index contributed by atoms with van der Waals surface area (Å²) in [6, 6.07) is 5.35. The van der Waals surface area contributed by atoms with E-state index in [4.69, 9.17) is 5.73 Å². The SMILES string of the molecule is Cc1nc2c(C(N)=O)cnn2c(C)c1CCC(=O)NC(C)c1nnc2ccccn12. The highest BCUT2D eigenvalue weighted by Gasteiger charge is 2.19. The second-order valence-corrected chi connectivity index (χ2v) is 7.20. The van der Waals surface area contributed by atoms with Gasteiger partial charge in [-0.25, -0.2) is 9.50 Å². The van der Waals surface area contributed by atoms with Gasteiger partial charge in [0, 0.05) is 24.0 Å². The number of carbonyl (C=O) groups is 2. The average molecular weight is 406 g/mol. The molecular weight excluding hydrogens is 384 g/mol. The molecule has 3 N–H and O–H groups in total. The number of primary amides is 1. The first-order valence-electron chi connectivity index (χ1n) is 9.59. The van der Waals surface area contributed by atoms with Crippen molar-refractivity contribution in [3.05, 3.63) is 58.9 Å². The minimum Gasteiger partial charge on any atom is -0.365 e. The number of fused-ring (bicyclic) bond motifs is 2. The Labute approximate surface area is 172 Å². The Kier molecular flexibility index (Phi) is 4.90. The highest BCUT2D eigenvalue weighted by atomic mass is 16.2. The van der Waals surface area contributed by atoms with Crippen LogP contribution in [0, 0.1) is 13.8 Å². The van der Waals surface area contributed by atoms with Gasteiger partial charge in [-0.3, -0.25) is 14.0 Å². The maximum absolute atomic E-state index is 12.6. The quantitative estimate of drug-likeness (QED) is 0.496. The van der Waals surface area contributed by atoms with Gasteiger partial charge in [-0.2, -0.15) is 5.10 Å². The fourth-order valence-electron chi connectivity index (χ4n) is 3.62. The molecule has 0 radical (unpaired) electrons. The maximum Gasteiger partial charge on any atom is 0.254 e. The van der Waals surface area contributed by atoms with Crippen LogP contribution in [0.5, 0.6) is 0 Å². The van der Waals surface area contributed by atoms with Crippen LogP contribution in [0.1, 0.15) is 52.5 Å². The number of hydrogen-bond acceptors (Lipinski definition) is 6. The molecule has 0 fully saturated rings.